The fraction of sp³-hybridized carbons (Fsp3) is 0.667. The number of nitrogens with zero attached hydrogens (tertiary/aromatic N) is 1. The van der Waals surface area contributed by atoms with Gasteiger partial charge in [0.25, 0.3) is 0 Å². The van der Waals surface area contributed by atoms with Gasteiger partial charge in [0, 0.05) is 29.0 Å². The monoisotopic (exact) mass is 310 g/mol. The van der Waals surface area contributed by atoms with Crippen LogP contribution < -0.4 is 5.32 Å². The van der Waals surface area contributed by atoms with E-state index >= 15 is 0 Å². The van der Waals surface area contributed by atoms with Crippen molar-refractivity contribution in [1.82, 2.24) is 10.3 Å². The standard InChI is InChI=1S/C15H23BrN2/c1-3-8-15(2,11-18-13-6-7-13)9-14-5-4-12(16)10-17-14/h4-5,10,13,18H,3,6-9,11H2,1-2H3. The van der Waals surface area contributed by atoms with Gasteiger partial charge in [-0.25, -0.2) is 0 Å². The molecule has 0 amide bonds. The van der Waals surface area contributed by atoms with Crippen molar-refractivity contribution < 1.29 is 0 Å². The molecule has 0 bridgehead atoms. The molecule has 18 heavy (non-hydrogen) atoms. The Hall–Kier alpha value is -0.410. The number of pyridine rings is 1. The lowest BCUT2D eigenvalue weighted by Crippen LogP contribution is -2.35. The maximum atomic E-state index is 4.51. The average molecular weight is 311 g/mol. The van der Waals surface area contributed by atoms with Crippen molar-refractivity contribution in [3.05, 3.63) is 28.5 Å². The van der Waals surface area contributed by atoms with Gasteiger partial charge in [-0.2, -0.15) is 0 Å². The minimum Gasteiger partial charge on any atom is -0.313 e. The second kappa shape index (κ2) is 6.16. The van der Waals surface area contributed by atoms with Crippen LogP contribution in [0.4, 0.5) is 0 Å². The third kappa shape index (κ3) is 4.36. The zero-order valence-corrected chi connectivity index (χ0v) is 13.0. The van der Waals surface area contributed by atoms with Gasteiger partial charge in [-0.1, -0.05) is 20.3 Å². The molecule has 1 saturated carbocycles. The molecule has 1 aromatic rings. The summed E-state index contributed by atoms with van der Waals surface area (Å²) < 4.78 is 1.06. The molecule has 0 radical (unpaired) electrons. The molecule has 0 spiro atoms. The Morgan fingerprint density at radius 2 is 2.22 bits per heavy atom. The molecule has 1 atom stereocenters. The van der Waals surface area contributed by atoms with Crippen molar-refractivity contribution in [2.24, 2.45) is 5.41 Å². The van der Waals surface area contributed by atoms with Crippen molar-refractivity contribution >= 4 is 15.9 Å². The summed E-state index contributed by atoms with van der Waals surface area (Å²) in [6.45, 7) is 5.77. The van der Waals surface area contributed by atoms with Gasteiger partial charge in [-0.3, -0.25) is 4.98 Å². The Labute approximate surface area is 119 Å². The van der Waals surface area contributed by atoms with Gasteiger partial charge in [-0.15, -0.1) is 0 Å². The van der Waals surface area contributed by atoms with Crippen molar-refractivity contribution in [1.29, 1.82) is 0 Å². The third-order valence-electron chi connectivity index (χ3n) is 3.64. The van der Waals surface area contributed by atoms with Gasteiger partial charge in [0.1, 0.15) is 0 Å². The van der Waals surface area contributed by atoms with Crippen LogP contribution in [0.3, 0.4) is 0 Å². The largest absolute Gasteiger partial charge is 0.313 e. The first-order valence-electron chi connectivity index (χ1n) is 6.95. The van der Waals surface area contributed by atoms with E-state index in [1.807, 2.05) is 6.20 Å². The van der Waals surface area contributed by atoms with Crippen LogP contribution in [0.25, 0.3) is 0 Å². The molecule has 1 heterocycles. The molecule has 0 aliphatic heterocycles. The van der Waals surface area contributed by atoms with Crippen molar-refractivity contribution in [2.45, 2.75) is 52.0 Å². The van der Waals surface area contributed by atoms with Gasteiger partial charge in [0.15, 0.2) is 0 Å². The average Bonchev–Trinajstić information content (AvgIpc) is 3.14. The Morgan fingerprint density at radius 1 is 1.44 bits per heavy atom. The summed E-state index contributed by atoms with van der Waals surface area (Å²) in [5, 5.41) is 3.68. The number of nitrogens with one attached hydrogen (secondary N) is 1. The smallest absolute Gasteiger partial charge is 0.0413 e. The van der Waals surface area contributed by atoms with Crippen molar-refractivity contribution in [2.75, 3.05) is 6.54 Å². The third-order valence-corrected chi connectivity index (χ3v) is 4.11. The van der Waals surface area contributed by atoms with Crippen molar-refractivity contribution in [3.8, 4) is 0 Å². The van der Waals surface area contributed by atoms with E-state index < -0.39 is 0 Å². The van der Waals surface area contributed by atoms with Crippen LogP contribution in [0.2, 0.25) is 0 Å². The minimum absolute atomic E-state index is 0.332. The number of rotatable bonds is 7. The fourth-order valence-electron chi connectivity index (χ4n) is 2.47. The molecule has 100 valence electrons. The summed E-state index contributed by atoms with van der Waals surface area (Å²) in [7, 11) is 0. The van der Waals surface area contributed by atoms with E-state index in [1.165, 1.54) is 31.4 Å². The fourth-order valence-corrected chi connectivity index (χ4v) is 2.70. The highest BCUT2D eigenvalue weighted by atomic mass is 79.9. The van der Waals surface area contributed by atoms with E-state index in [0.717, 1.165) is 23.5 Å². The number of halogens is 1. The first kappa shape index (κ1) is 14.0. The van der Waals surface area contributed by atoms with E-state index in [9.17, 15) is 0 Å². The zero-order valence-electron chi connectivity index (χ0n) is 11.4. The Bertz CT molecular complexity index is 373. The van der Waals surface area contributed by atoms with Crippen LogP contribution in [0.1, 0.15) is 45.2 Å². The second-order valence-corrected chi connectivity index (χ2v) is 6.78. The number of aromatic nitrogens is 1. The van der Waals surface area contributed by atoms with E-state index in [2.05, 4.69) is 52.2 Å². The van der Waals surface area contributed by atoms with Gasteiger partial charge in [0.2, 0.25) is 0 Å². The Balaban J connectivity index is 1.96. The quantitative estimate of drug-likeness (QED) is 0.825. The van der Waals surface area contributed by atoms with Gasteiger partial charge < -0.3 is 5.32 Å². The molecule has 2 nitrogen and oxygen atoms in total. The number of hydrogen-bond donors (Lipinski definition) is 1. The summed E-state index contributed by atoms with van der Waals surface area (Å²) in [4.78, 5) is 4.51. The summed E-state index contributed by atoms with van der Waals surface area (Å²) >= 11 is 3.44. The first-order chi connectivity index (χ1) is 8.61. The van der Waals surface area contributed by atoms with Crippen LogP contribution in [-0.2, 0) is 6.42 Å². The molecule has 0 aromatic carbocycles. The molecular weight excluding hydrogens is 288 g/mol. The van der Waals surface area contributed by atoms with Crippen molar-refractivity contribution in [3.63, 3.8) is 0 Å². The normalized spacial score (nSPS) is 18.6. The lowest BCUT2D eigenvalue weighted by Gasteiger charge is -2.29. The minimum atomic E-state index is 0.332. The molecular formula is C15H23BrN2. The predicted molar refractivity (Wildman–Crippen MR) is 79.7 cm³/mol. The van der Waals surface area contributed by atoms with Crippen LogP contribution in [-0.4, -0.2) is 17.6 Å². The molecule has 1 aliphatic carbocycles. The Kier molecular flexibility index (Phi) is 4.79. The van der Waals surface area contributed by atoms with Crippen LogP contribution in [0.5, 0.6) is 0 Å². The van der Waals surface area contributed by atoms with E-state index in [0.29, 0.717) is 5.41 Å². The second-order valence-electron chi connectivity index (χ2n) is 5.86. The molecule has 2 rings (SSSR count). The highest BCUT2D eigenvalue weighted by molar-refractivity contribution is 9.10. The molecule has 0 saturated heterocycles. The predicted octanol–water partition coefficient (Wildman–Crippen LogP) is 3.95. The molecule has 3 heteroatoms. The van der Waals surface area contributed by atoms with Gasteiger partial charge in [-0.05, 0) is 59.2 Å². The maximum absolute atomic E-state index is 4.51. The highest BCUT2D eigenvalue weighted by Gasteiger charge is 2.28. The van der Waals surface area contributed by atoms with Gasteiger partial charge >= 0.3 is 0 Å². The topological polar surface area (TPSA) is 24.9 Å². The molecule has 1 fully saturated rings. The van der Waals surface area contributed by atoms with E-state index in [4.69, 9.17) is 0 Å². The van der Waals surface area contributed by atoms with Crippen LogP contribution in [0, 0.1) is 5.41 Å². The molecule has 1 aliphatic rings. The Morgan fingerprint density at radius 3 is 2.78 bits per heavy atom. The van der Waals surface area contributed by atoms with E-state index in [1.54, 1.807) is 0 Å². The lowest BCUT2D eigenvalue weighted by molar-refractivity contribution is 0.271. The van der Waals surface area contributed by atoms with Crippen LogP contribution >= 0.6 is 15.9 Å². The molecule has 1 N–H and O–H groups in total. The number of hydrogen-bond acceptors (Lipinski definition) is 2. The summed E-state index contributed by atoms with van der Waals surface area (Å²) in [6.07, 6.45) is 8.17. The molecule has 1 aromatic heterocycles. The summed E-state index contributed by atoms with van der Waals surface area (Å²) in [5.74, 6) is 0. The van der Waals surface area contributed by atoms with E-state index in [-0.39, 0.29) is 0 Å². The highest BCUT2D eigenvalue weighted by Crippen LogP contribution is 2.29. The van der Waals surface area contributed by atoms with Crippen LogP contribution in [0.15, 0.2) is 22.8 Å². The van der Waals surface area contributed by atoms with Gasteiger partial charge in [0.05, 0.1) is 0 Å². The molecule has 1 unspecified atom stereocenters. The lowest BCUT2D eigenvalue weighted by atomic mass is 9.81. The SMILES string of the molecule is CCCC(C)(CNC1CC1)Cc1ccc(Br)cn1. The summed E-state index contributed by atoms with van der Waals surface area (Å²) in [5.41, 5.74) is 1.53. The first-order valence-corrected chi connectivity index (χ1v) is 7.74. The maximum Gasteiger partial charge on any atom is 0.0413 e. The zero-order chi connectivity index (χ0) is 13.0. The summed E-state index contributed by atoms with van der Waals surface area (Å²) in [6, 6.07) is 5.01.